The molecule has 23 heavy (non-hydrogen) atoms. The zero-order chi connectivity index (χ0) is 16.8. The number of hydrogen-bond acceptors (Lipinski definition) is 3. The summed E-state index contributed by atoms with van der Waals surface area (Å²) in [4.78, 5) is 2.95. The highest BCUT2D eigenvalue weighted by molar-refractivity contribution is 14.1. The van der Waals surface area contributed by atoms with Gasteiger partial charge < -0.3 is 4.98 Å². The maximum atomic E-state index is 11.9. The van der Waals surface area contributed by atoms with Crippen LogP contribution in [-0.2, 0) is 10.0 Å². The van der Waals surface area contributed by atoms with E-state index in [1.165, 1.54) is 12.1 Å². The highest BCUT2D eigenvalue weighted by atomic mass is 127. The maximum absolute atomic E-state index is 11.9. The van der Waals surface area contributed by atoms with Crippen molar-refractivity contribution in [3.05, 3.63) is 50.7 Å². The average molecular weight is 458 g/mol. The zero-order valence-corrected chi connectivity index (χ0v) is 15.2. The monoisotopic (exact) mass is 457 g/mol. The van der Waals surface area contributed by atoms with E-state index in [0.717, 1.165) is 8.96 Å². The summed E-state index contributed by atoms with van der Waals surface area (Å²) in [6.07, 6.45) is 1.63. The Kier molecular flexibility index (Phi) is 4.10. The summed E-state index contributed by atoms with van der Waals surface area (Å²) in [6.45, 7) is 0. The Balaban J connectivity index is 2.50. The van der Waals surface area contributed by atoms with Crippen molar-refractivity contribution < 1.29 is 8.42 Å². The fraction of sp³-hybridized carbons (Fsp3) is 0. The first-order valence-corrected chi connectivity index (χ1v) is 9.36. The number of fused-ring (bicyclic) bond motifs is 1. The van der Waals surface area contributed by atoms with Crippen molar-refractivity contribution in [1.29, 1.82) is 5.26 Å². The number of nitriles is 1. The Labute approximate surface area is 151 Å². The van der Waals surface area contributed by atoms with E-state index in [2.05, 4.69) is 27.6 Å². The molecule has 0 saturated heterocycles. The molecule has 0 aliphatic carbocycles. The summed E-state index contributed by atoms with van der Waals surface area (Å²) >= 11 is 8.34. The Morgan fingerprint density at radius 2 is 2.00 bits per heavy atom. The van der Waals surface area contributed by atoms with Gasteiger partial charge in [-0.2, -0.15) is 5.26 Å². The second-order valence-electron chi connectivity index (χ2n) is 4.82. The molecular formula is C15H9ClIN3O2S. The fourth-order valence-corrected chi connectivity index (χ4v) is 4.44. The van der Waals surface area contributed by atoms with Crippen molar-refractivity contribution in [2.24, 2.45) is 5.14 Å². The Hall–Kier alpha value is -1.60. The van der Waals surface area contributed by atoms with Crippen LogP contribution < -0.4 is 5.14 Å². The van der Waals surface area contributed by atoms with Gasteiger partial charge in [0.1, 0.15) is 0 Å². The minimum absolute atomic E-state index is 0.0928. The lowest BCUT2D eigenvalue weighted by Crippen LogP contribution is -2.14. The Morgan fingerprint density at radius 3 is 2.65 bits per heavy atom. The van der Waals surface area contributed by atoms with E-state index < -0.39 is 10.0 Å². The normalized spacial score (nSPS) is 11.6. The quantitative estimate of drug-likeness (QED) is 0.575. The first-order chi connectivity index (χ1) is 10.8. The lowest BCUT2D eigenvalue weighted by atomic mass is 9.98. The molecule has 2 aromatic carbocycles. The third-order valence-corrected chi connectivity index (χ3v) is 5.61. The van der Waals surface area contributed by atoms with E-state index in [-0.39, 0.29) is 16.0 Å². The van der Waals surface area contributed by atoms with Crippen LogP contribution >= 0.6 is 34.2 Å². The van der Waals surface area contributed by atoms with Crippen molar-refractivity contribution in [3.8, 4) is 17.2 Å². The molecule has 3 aromatic rings. The molecule has 0 aliphatic rings. The molecule has 0 amide bonds. The van der Waals surface area contributed by atoms with Crippen LogP contribution in [0.25, 0.3) is 22.0 Å². The molecule has 0 radical (unpaired) electrons. The van der Waals surface area contributed by atoms with Crippen molar-refractivity contribution in [3.63, 3.8) is 0 Å². The highest BCUT2D eigenvalue weighted by Crippen LogP contribution is 2.38. The molecule has 0 aliphatic heterocycles. The SMILES string of the molecule is N#Cc1cccc(S(N)(=O)=O)c1-c1ccc(I)c2c(Cl)c[nH]c12. The van der Waals surface area contributed by atoms with Gasteiger partial charge in [0.25, 0.3) is 0 Å². The van der Waals surface area contributed by atoms with E-state index in [1.54, 1.807) is 18.3 Å². The predicted molar refractivity (Wildman–Crippen MR) is 97.5 cm³/mol. The summed E-state index contributed by atoms with van der Waals surface area (Å²) in [6, 6.07) is 10.0. The second-order valence-corrected chi connectivity index (χ2v) is 7.92. The van der Waals surface area contributed by atoms with Crippen LogP contribution in [0.5, 0.6) is 0 Å². The summed E-state index contributed by atoms with van der Waals surface area (Å²) in [5, 5.41) is 16.0. The second kappa shape index (κ2) is 5.79. The molecule has 3 N–H and O–H groups in total. The molecule has 8 heteroatoms. The van der Waals surface area contributed by atoms with Crippen LogP contribution in [0.2, 0.25) is 5.02 Å². The smallest absolute Gasteiger partial charge is 0.238 e. The van der Waals surface area contributed by atoms with E-state index in [9.17, 15) is 13.7 Å². The molecule has 0 unspecified atom stereocenters. The number of primary sulfonamides is 1. The molecule has 0 atom stereocenters. The number of benzene rings is 2. The molecule has 1 heterocycles. The summed E-state index contributed by atoms with van der Waals surface area (Å²) < 4.78 is 24.8. The minimum atomic E-state index is -3.99. The number of sulfonamides is 1. The van der Waals surface area contributed by atoms with Crippen LogP contribution in [0.3, 0.4) is 0 Å². The summed E-state index contributed by atoms with van der Waals surface area (Å²) in [7, 11) is -3.99. The first-order valence-electron chi connectivity index (χ1n) is 6.36. The minimum Gasteiger partial charge on any atom is -0.359 e. The van der Waals surface area contributed by atoms with E-state index >= 15 is 0 Å². The lowest BCUT2D eigenvalue weighted by molar-refractivity contribution is 0.598. The number of H-pyrrole nitrogens is 1. The first kappa shape index (κ1) is 16.3. The van der Waals surface area contributed by atoms with Gasteiger partial charge in [-0.1, -0.05) is 23.7 Å². The van der Waals surface area contributed by atoms with Gasteiger partial charge in [0.2, 0.25) is 10.0 Å². The number of nitrogens with zero attached hydrogens (tertiary/aromatic N) is 1. The van der Waals surface area contributed by atoms with Gasteiger partial charge in [-0.3, -0.25) is 0 Å². The molecule has 0 spiro atoms. The number of nitrogens with two attached hydrogens (primary N) is 1. The van der Waals surface area contributed by atoms with E-state index in [0.29, 0.717) is 16.1 Å². The third-order valence-electron chi connectivity index (χ3n) is 3.46. The number of aromatic amines is 1. The molecule has 5 nitrogen and oxygen atoms in total. The largest absolute Gasteiger partial charge is 0.359 e. The summed E-state index contributed by atoms with van der Waals surface area (Å²) in [5.41, 5.74) is 1.73. The van der Waals surface area contributed by atoms with Crippen molar-refractivity contribution >= 4 is 55.1 Å². The van der Waals surface area contributed by atoms with Crippen LogP contribution in [0, 0.1) is 14.9 Å². The zero-order valence-electron chi connectivity index (χ0n) is 11.5. The standard InChI is InChI=1S/C15H9ClIN3O2S/c16-10-7-20-15-9(4-5-11(17)14(10)15)13-8(6-18)2-1-3-12(13)23(19,21)22/h1-5,7,20H,(H2,19,21,22). The Morgan fingerprint density at radius 1 is 1.26 bits per heavy atom. The fourth-order valence-electron chi connectivity index (χ4n) is 2.52. The van der Waals surface area contributed by atoms with Crippen LogP contribution in [0.4, 0.5) is 0 Å². The van der Waals surface area contributed by atoms with E-state index in [1.807, 2.05) is 12.1 Å². The Bertz CT molecular complexity index is 1080. The van der Waals surface area contributed by atoms with Crippen molar-refractivity contribution in [2.75, 3.05) is 0 Å². The third kappa shape index (κ3) is 2.72. The van der Waals surface area contributed by atoms with E-state index in [4.69, 9.17) is 16.7 Å². The van der Waals surface area contributed by atoms with Gasteiger partial charge in [0, 0.05) is 26.3 Å². The van der Waals surface area contributed by atoms with Crippen LogP contribution in [-0.4, -0.2) is 13.4 Å². The van der Waals surface area contributed by atoms with Gasteiger partial charge in [0.05, 0.1) is 27.1 Å². The molecule has 0 fully saturated rings. The number of halogens is 2. The van der Waals surface area contributed by atoms with Crippen LogP contribution in [0.1, 0.15) is 5.56 Å². The van der Waals surface area contributed by atoms with Gasteiger partial charge in [0.15, 0.2) is 0 Å². The van der Waals surface area contributed by atoms with Crippen LogP contribution in [0.15, 0.2) is 41.4 Å². The van der Waals surface area contributed by atoms with Crippen molar-refractivity contribution in [2.45, 2.75) is 4.90 Å². The molecule has 0 bridgehead atoms. The number of aromatic nitrogens is 1. The number of nitrogens with one attached hydrogen (secondary N) is 1. The molecule has 0 saturated carbocycles. The number of hydrogen-bond donors (Lipinski definition) is 2. The van der Waals surface area contributed by atoms with Gasteiger partial charge in [-0.15, -0.1) is 0 Å². The van der Waals surface area contributed by atoms with Gasteiger partial charge in [-0.25, -0.2) is 13.6 Å². The van der Waals surface area contributed by atoms with Crippen molar-refractivity contribution in [1.82, 2.24) is 4.98 Å². The molecular weight excluding hydrogens is 449 g/mol. The number of rotatable bonds is 2. The topological polar surface area (TPSA) is 99.7 Å². The van der Waals surface area contributed by atoms with Gasteiger partial charge >= 0.3 is 0 Å². The molecule has 1 aromatic heterocycles. The predicted octanol–water partition coefficient (Wildman–Crippen LogP) is 3.61. The van der Waals surface area contributed by atoms with Gasteiger partial charge in [-0.05, 0) is 40.8 Å². The molecule has 3 rings (SSSR count). The average Bonchev–Trinajstić information content (AvgIpc) is 2.89. The maximum Gasteiger partial charge on any atom is 0.238 e. The summed E-state index contributed by atoms with van der Waals surface area (Å²) in [5.74, 6) is 0. The highest BCUT2D eigenvalue weighted by Gasteiger charge is 2.21. The lowest BCUT2D eigenvalue weighted by Gasteiger charge is -2.12. The molecule has 116 valence electrons.